The van der Waals surface area contributed by atoms with E-state index < -0.39 is 5.97 Å². The fourth-order valence-corrected chi connectivity index (χ4v) is 1.70. The van der Waals surface area contributed by atoms with Gasteiger partial charge in [0, 0.05) is 18.8 Å². The van der Waals surface area contributed by atoms with Crippen molar-refractivity contribution in [2.45, 2.75) is 18.9 Å². The van der Waals surface area contributed by atoms with Crippen LogP contribution in [-0.4, -0.2) is 35.3 Å². The van der Waals surface area contributed by atoms with Crippen molar-refractivity contribution in [2.75, 3.05) is 13.1 Å². The van der Waals surface area contributed by atoms with Crippen LogP contribution < -0.4 is 10.1 Å². The highest BCUT2D eigenvalue weighted by Crippen LogP contribution is 2.14. The largest absolute Gasteiger partial charge is 0.478 e. The van der Waals surface area contributed by atoms with E-state index >= 15 is 0 Å². The molecular formula is C11H15ClN2O3. The summed E-state index contributed by atoms with van der Waals surface area (Å²) >= 11 is 0. The van der Waals surface area contributed by atoms with Gasteiger partial charge in [0.05, 0.1) is 5.56 Å². The Hall–Kier alpha value is -1.33. The maximum Gasteiger partial charge on any atom is 0.335 e. The Balaban J connectivity index is 0.00000144. The van der Waals surface area contributed by atoms with E-state index in [4.69, 9.17) is 9.84 Å². The average Bonchev–Trinajstić information content (AvgIpc) is 2.30. The standard InChI is InChI=1S/C11H14N2O3.ClH/c14-11(15)8-3-5-13-10(6-8)16-9-2-1-4-12-7-9;/h3,5-6,9,12H,1-2,4,7H2,(H,14,15);1H. The molecule has 2 heterocycles. The van der Waals surface area contributed by atoms with Gasteiger partial charge in [-0.05, 0) is 25.5 Å². The first-order valence-electron chi connectivity index (χ1n) is 5.32. The summed E-state index contributed by atoms with van der Waals surface area (Å²) in [6.45, 7) is 1.81. The number of nitrogens with zero attached hydrogens (tertiary/aromatic N) is 1. The van der Waals surface area contributed by atoms with E-state index in [2.05, 4.69) is 10.3 Å². The third-order valence-electron chi connectivity index (χ3n) is 2.52. The van der Waals surface area contributed by atoms with E-state index in [0.29, 0.717) is 5.88 Å². The van der Waals surface area contributed by atoms with Gasteiger partial charge in [-0.2, -0.15) is 0 Å². The molecule has 0 spiro atoms. The smallest absolute Gasteiger partial charge is 0.335 e. The molecule has 1 atom stereocenters. The number of rotatable bonds is 3. The number of hydrogen-bond donors (Lipinski definition) is 2. The van der Waals surface area contributed by atoms with Gasteiger partial charge in [0.1, 0.15) is 6.10 Å². The Morgan fingerprint density at radius 3 is 3.06 bits per heavy atom. The summed E-state index contributed by atoms with van der Waals surface area (Å²) in [6.07, 6.45) is 3.59. The third-order valence-corrected chi connectivity index (χ3v) is 2.52. The number of carboxylic acid groups (broad SMARTS) is 1. The van der Waals surface area contributed by atoms with Crippen molar-refractivity contribution in [3.05, 3.63) is 23.9 Å². The lowest BCUT2D eigenvalue weighted by molar-refractivity contribution is 0.0695. The van der Waals surface area contributed by atoms with Gasteiger partial charge in [0.25, 0.3) is 0 Å². The van der Waals surface area contributed by atoms with Crippen LogP contribution in [0.1, 0.15) is 23.2 Å². The fourth-order valence-electron chi connectivity index (χ4n) is 1.70. The number of ether oxygens (including phenoxy) is 1. The monoisotopic (exact) mass is 258 g/mol. The first kappa shape index (κ1) is 13.7. The second-order valence-corrected chi connectivity index (χ2v) is 3.77. The normalized spacial score (nSPS) is 19.2. The molecule has 0 aliphatic carbocycles. The van der Waals surface area contributed by atoms with Crippen LogP contribution in [0.5, 0.6) is 5.88 Å². The van der Waals surface area contributed by atoms with E-state index in [0.717, 1.165) is 25.9 Å². The maximum atomic E-state index is 10.7. The molecule has 1 aromatic heterocycles. The Kier molecular flexibility index (Phi) is 5.18. The van der Waals surface area contributed by atoms with Crippen molar-refractivity contribution < 1.29 is 14.6 Å². The average molecular weight is 259 g/mol. The molecule has 1 unspecified atom stereocenters. The Labute approximate surface area is 106 Å². The van der Waals surface area contributed by atoms with Crippen molar-refractivity contribution in [2.24, 2.45) is 0 Å². The number of nitrogens with one attached hydrogen (secondary N) is 1. The van der Waals surface area contributed by atoms with Gasteiger partial charge in [-0.25, -0.2) is 9.78 Å². The van der Waals surface area contributed by atoms with Crippen LogP contribution in [0.4, 0.5) is 0 Å². The number of halogens is 1. The second-order valence-electron chi connectivity index (χ2n) is 3.77. The minimum Gasteiger partial charge on any atom is -0.478 e. The van der Waals surface area contributed by atoms with Gasteiger partial charge in [-0.3, -0.25) is 0 Å². The number of carboxylic acids is 1. The molecule has 2 N–H and O–H groups in total. The molecule has 6 heteroatoms. The molecule has 94 valence electrons. The molecule has 0 aromatic carbocycles. The van der Waals surface area contributed by atoms with Crippen molar-refractivity contribution in [3.8, 4) is 5.88 Å². The zero-order valence-corrected chi connectivity index (χ0v) is 10.1. The third kappa shape index (κ3) is 3.87. The molecule has 2 rings (SSSR count). The predicted octanol–water partition coefficient (Wildman–Crippen LogP) is 1.33. The van der Waals surface area contributed by atoms with Crippen LogP contribution >= 0.6 is 12.4 Å². The quantitative estimate of drug-likeness (QED) is 0.856. The van der Waals surface area contributed by atoms with E-state index in [1.54, 1.807) is 0 Å². The lowest BCUT2D eigenvalue weighted by atomic mass is 10.1. The van der Waals surface area contributed by atoms with Crippen LogP contribution in [0, 0.1) is 0 Å². The molecule has 5 nitrogen and oxygen atoms in total. The van der Waals surface area contributed by atoms with Crippen molar-refractivity contribution >= 4 is 18.4 Å². The number of aromatic carboxylic acids is 1. The molecule has 1 saturated heterocycles. The van der Waals surface area contributed by atoms with E-state index in [1.165, 1.54) is 18.3 Å². The molecule has 0 bridgehead atoms. The molecule has 0 saturated carbocycles. The maximum absolute atomic E-state index is 10.7. The van der Waals surface area contributed by atoms with Crippen molar-refractivity contribution in [1.29, 1.82) is 0 Å². The van der Waals surface area contributed by atoms with E-state index in [1.807, 2.05) is 0 Å². The summed E-state index contributed by atoms with van der Waals surface area (Å²) in [4.78, 5) is 14.8. The van der Waals surface area contributed by atoms with Gasteiger partial charge in [0.2, 0.25) is 5.88 Å². The van der Waals surface area contributed by atoms with Crippen LogP contribution in [-0.2, 0) is 0 Å². The molecular weight excluding hydrogens is 244 g/mol. The molecule has 17 heavy (non-hydrogen) atoms. The van der Waals surface area contributed by atoms with Gasteiger partial charge in [0.15, 0.2) is 0 Å². The highest BCUT2D eigenvalue weighted by molar-refractivity contribution is 5.87. The Morgan fingerprint density at radius 1 is 1.59 bits per heavy atom. The first-order chi connectivity index (χ1) is 7.75. The van der Waals surface area contributed by atoms with Gasteiger partial charge < -0.3 is 15.2 Å². The molecule has 1 aromatic rings. The number of pyridine rings is 1. The SMILES string of the molecule is Cl.O=C(O)c1ccnc(OC2CCCNC2)c1. The summed E-state index contributed by atoms with van der Waals surface area (Å²) in [7, 11) is 0. The van der Waals surface area contributed by atoms with Crippen LogP contribution in [0.15, 0.2) is 18.3 Å². The Morgan fingerprint density at radius 2 is 2.41 bits per heavy atom. The summed E-state index contributed by atoms with van der Waals surface area (Å²) in [5.41, 5.74) is 0.203. The molecule has 0 radical (unpaired) electrons. The van der Waals surface area contributed by atoms with E-state index in [9.17, 15) is 4.79 Å². The molecule has 1 aliphatic rings. The fraction of sp³-hybridized carbons (Fsp3) is 0.455. The lowest BCUT2D eigenvalue weighted by Crippen LogP contribution is -2.37. The van der Waals surface area contributed by atoms with Crippen molar-refractivity contribution in [1.82, 2.24) is 10.3 Å². The molecule has 0 amide bonds. The first-order valence-corrected chi connectivity index (χ1v) is 5.32. The number of aromatic nitrogens is 1. The van der Waals surface area contributed by atoms with Gasteiger partial charge in [-0.1, -0.05) is 0 Å². The second kappa shape index (κ2) is 6.42. The number of piperidine rings is 1. The Bertz CT molecular complexity index is 381. The van der Waals surface area contributed by atoms with Crippen LogP contribution in [0.2, 0.25) is 0 Å². The highest BCUT2D eigenvalue weighted by atomic mass is 35.5. The lowest BCUT2D eigenvalue weighted by Gasteiger charge is -2.23. The number of carbonyl (C=O) groups is 1. The van der Waals surface area contributed by atoms with E-state index in [-0.39, 0.29) is 24.1 Å². The zero-order chi connectivity index (χ0) is 11.4. The van der Waals surface area contributed by atoms with Crippen LogP contribution in [0.25, 0.3) is 0 Å². The minimum absolute atomic E-state index is 0. The summed E-state index contributed by atoms with van der Waals surface area (Å²) in [5.74, 6) is -0.581. The summed E-state index contributed by atoms with van der Waals surface area (Å²) < 4.78 is 5.61. The number of hydrogen-bond acceptors (Lipinski definition) is 4. The summed E-state index contributed by atoms with van der Waals surface area (Å²) in [6, 6.07) is 2.91. The van der Waals surface area contributed by atoms with Gasteiger partial charge in [-0.15, -0.1) is 12.4 Å². The zero-order valence-electron chi connectivity index (χ0n) is 9.26. The van der Waals surface area contributed by atoms with Crippen LogP contribution in [0.3, 0.4) is 0 Å². The van der Waals surface area contributed by atoms with Gasteiger partial charge >= 0.3 is 5.97 Å². The highest BCUT2D eigenvalue weighted by Gasteiger charge is 2.15. The molecule has 1 aliphatic heterocycles. The predicted molar refractivity (Wildman–Crippen MR) is 65.0 cm³/mol. The molecule has 1 fully saturated rings. The topological polar surface area (TPSA) is 71.5 Å². The van der Waals surface area contributed by atoms with Crippen molar-refractivity contribution in [3.63, 3.8) is 0 Å². The summed E-state index contributed by atoms with van der Waals surface area (Å²) in [5, 5.41) is 12.0. The minimum atomic E-state index is -0.964.